The van der Waals surface area contributed by atoms with E-state index < -0.39 is 0 Å². The average Bonchev–Trinajstić information content (AvgIpc) is 3.95. The second-order valence-electron chi connectivity index (χ2n) is 21.9. The fourth-order valence-electron chi connectivity index (χ4n) is 9.98. The van der Waals surface area contributed by atoms with Crippen LogP contribution in [0.2, 0.25) is 0 Å². The Bertz CT molecular complexity index is 3350. The molecule has 0 aliphatic carbocycles. The van der Waals surface area contributed by atoms with Crippen molar-refractivity contribution in [3.8, 4) is 28.4 Å². The van der Waals surface area contributed by atoms with Crippen LogP contribution in [0.1, 0.15) is 97.1 Å². The van der Waals surface area contributed by atoms with Gasteiger partial charge in [-0.1, -0.05) is 178 Å². The maximum atomic E-state index is 7.08. The molecule has 0 radical (unpaired) electrons. The number of hydrogen-bond acceptors (Lipinski definition) is 4. The quantitative estimate of drug-likeness (QED) is 0.137. The van der Waals surface area contributed by atoms with Crippen LogP contribution in [0.15, 0.2) is 200 Å². The molecule has 2 aromatic heterocycles. The summed E-state index contributed by atoms with van der Waals surface area (Å²) >= 11 is 0. The molecule has 0 saturated heterocycles. The van der Waals surface area contributed by atoms with Crippen molar-refractivity contribution in [1.82, 2.24) is 9.55 Å². The summed E-state index contributed by atoms with van der Waals surface area (Å²) in [5.74, 6) is 2.39. The van der Waals surface area contributed by atoms with E-state index in [0.29, 0.717) is 6.67 Å². The van der Waals surface area contributed by atoms with Gasteiger partial charge in [0.25, 0.3) is 0 Å². The number of rotatable bonds is 10. The van der Waals surface area contributed by atoms with Crippen molar-refractivity contribution in [3.05, 3.63) is 228 Å². The van der Waals surface area contributed by atoms with Gasteiger partial charge in [-0.2, -0.15) is 0 Å². The maximum Gasteiger partial charge on any atom is 0.137 e. The third-order valence-corrected chi connectivity index (χ3v) is 14.4. The van der Waals surface area contributed by atoms with Crippen LogP contribution in [0.5, 0.6) is 11.5 Å². The summed E-state index contributed by atoms with van der Waals surface area (Å²) in [6.45, 7) is 23.6. The maximum absolute atomic E-state index is 7.08. The number of anilines is 2. The first-order chi connectivity index (χ1) is 32.9. The van der Waals surface area contributed by atoms with Crippen LogP contribution in [-0.4, -0.2) is 16.2 Å². The van der Waals surface area contributed by atoms with Crippen molar-refractivity contribution < 1.29 is 4.74 Å². The van der Waals surface area contributed by atoms with E-state index >= 15 is 0 Å². The zero-order chi connectivity index (χ0) is 48.3. The molecule has 69 heavy (non-hydrogen) atoms. The van der Waals surface area contributed by atoms with Gasteiger partial charge in [-0.05, 0) is 110 Å². The molecule has 0 spiro atoms. The van der Waals surface area contributed by atoms with Gasteiger partial charge in [-0.3, -0.25) is 4.57 Å². The highest BCUT2D eigenvalue weighted by atomic mass is 16.5. The van der Waals surface area contributed by atoms with Crippen molar-refractivity contribution in [1.29, 1.82) is 0 Å². The first-order valence-corrected chi connectivity index (χ1v) is 24.4. The SMILES string of the molecule is CC(C)(C)c1cccc(N2CN(c3cc(Oc4ccc5c6cc(C(C)(C)C)ccc6n(-c6cc(C(C)(C)c7ccccc7)ccn6)c5c4)cc(-c4ccccc4)c3)C=C2C(C)(C)c2ccccc2)c1. The lowest BCUT2D eigenvalue weighted by atomic mass is 9.78. The van der Waals surface area contributed by atoms with E-state index in [0.717, 1.165) is 50.6 Å². The Morgan fingerprint density at radius 1 is 0.435 bits per heavy atom. The number of ether oxygens (including phenoxy) is 1. The van der Waals surface area contributed by atoms with Crippen molar-refractivity contribution >= 4 is 33.2 Å². The summed E-state index contributed by atoms with van der Waals surface area (Å²) in [5, 5.41) is 2.35. The summed E-state index contributed by atoms with van der Waals surface area (Å²) in [5.41, 5.74) is 13.6. The van der Waals surface area contributed by atoms with Crippen molar-refractivity contribution in [2.75, 3.05) is 16.5 Å². The topological polar surface area (TPSA) is 33.5 Å². The largest absolute Gasteiger partial charge is 0.457 e. The number of aromatic nitrogens is 2. The minimum atomic E-state index is -0.294. The van der Waals surface area contributed by atoms with Gasteiger partial charge in [0.2, 0.25) is 0 Å². The smallest absolute Gasteiger partial charge is 0.137 e. The van der Waals surface area contributed by atoms with E-state index in [1.165, 1.54) is 44.6 Å². The van der Waals surface area contributed by atoms with Gasteiger partial charge in [0, 0.05) is 63.2 Å². The molecule has 0 saturated carbocycles. The summed E-state index contributed by atoms with van der Waals surface area (Å²) in [6, 6.07) is 65.8. The molecule has 0 unspecified atom stereocenters. The molecule has 1 aliphatic rings. The van der Waals surface area contributed by atoms with Gasteiger partial charge in [0.1, 0.15) is 17.3 Å². The Kier molecular flexibility index (Phi) is 11.4. The zero-order valence-corrected chi connectivity index (χ0v) is 41.9. The van der Waals surface area contributed by atoms with E-state index in [1.807, 2.05) is 6.20 Å². The molecule has 0 atom stereocenters. The molecule has 3 heterocycles. The van der Waals surface area contributed by atoms with E-state index in [4.69, 9.17) is 9.72 Å². The molecule has 5 heteroatoms. The number of pyridine rings is 1. The minimum Gasteiger partial charge on any atom is -0.457 e. The molecule has 10 rings (SSSR count). The lowest BCUT2D eigenvalue weighted by Crippen LogP contribution is -2.34. The normalized spacial score (nSPS) is 13.6. The fraction of sp³-hybridized carbons (Fsp3) is 0.234. The number of benzene rings is 7. The van der Waals surface area contributed by atoms with Crippen LogP contribution in [0.4, 0.5) is 11.4 Å². The van der Waals surface area contributed by atoms with Crippen molar-refractivity contribution in [3.63, 3.8) is 0 Å². The van der Waals surface area contributed by atoms with E-state index in [2.05, 4.69) is 272 Å². The molecular formula is C64H64N4O. The van der Waals surface area contributed by atoms with Gasteiger partial charge in [0.15, 0.2) is 0 Å². The number of hydrogen-bond donors (Lipinski definition) is 0. The predicted molar refractivity (Wildman–Crippen MR) is 290 cm³/mol. The van der Waals surface area contributed by atoms with Gasteiger partial charge in [-0.25, -0.2) is 4.98 Å². The monoisotopic (exact) mass is 905 g/mol. The van der Waals surface area contributed by atoms with E-state index in [9.17, 15) is 0 Å². The van der Waals surface area contributed by atoms with Crippen LogP contribution >= 0.6 is 0 Å². The number of nitrogens with zero attached hydrogens (tertiary/aromatic N) is 4. The summed E-state index contributed by atoms with van der Waals surface area (Å²) < 4.78 is 9.40. The molecule has 0 bridgehead atoms. The highest BCUT2D eigenvalue weighted by Gasteiger charge is 2.36. The van der Waals surface area contributed by atoms with Gasteiger partial charge in [-0.15, -0.1) is 0 Å². The summed E-state index contributed by atoms with van der Waals surface area (Å²) in [4.78, 5) is 9.94. The zero-order valence-electron chi connectivity index (χ0n) is 41.9. The second kappa shape index (κ2) is 17.3. The predicted octanol–water partition coefficient (Wildman–Crippen LogP) is 16.7. The molecule has 7 aromatic carbocycles. The molecule has 346 valence electrons. The Balaban J connectivity index is 1.10. The van der Waals surface area contributed by atoms with Crippen molar-refractivity contribution in [2.24, 2.45) is 0 Å². The van der Waals surface area contributed by atoms with Crippen LogP contribution in [0.3, 0.4) is 0 Å². The fourth-order valence-corrected chi connectivity index (χ4v) is 9.98. The van der Waals surface area contributed by atoms with Crippen molar-refractivity contribution in [2.45, 2.75) is 90.9 Å². The van der Waals surface area contributed by atoms with Crippen LogP contribution in [0.25, 0.3) is 38.8 Å². The Hall–Kier alpha value is -7.37. The standard InChI is InChI=1S/C64H64N4O/c1-61(2,3)48-27-20-28-51(37-48)67-43-66(42-59(67)64(9,10)47-25-18-13-19-26-47)52-35-45(44-21-14-11-15-22-44)36-54(40-52)69-53-30-31-55-56-38-49(62(4,5)6)29-32-57(56)68(58(55)41-53)60-39-50(33-34-65-60)63(7,8)46-23-16-12-17-24-46/h11-42H,43H2,1-10H3. The molecule has 1 aliphatic heterocycles. The Morgan fingerprint density at radius 2 is 1.07 bits per heavy atom. The highest BCUT2D eigenvalue weighted by Crippen LogP contribution is 2.44. The lowest BCUT2D eigenvalue weighted by Gasteiger charge is -2.34. The van der Waals surface area contributed by atoms with E-state index in [-0.39, 0.29) is 21.7 Å². The number of fused-ring (bicyclic) bond motifs is 3. The number of allylic oxidation sites excluding steroid dienone is 1. The first kappa shape index (κ1) is 45.4. The summed E-state index contributed by atoms with van der Waals surface area (Å²) in [6.07, 6.45) is 4.30. The third-order valence-electron chi connectivity index (χ3n) is 14.4. The highest BCUT2D eigenvalue weighted by molar-refractivity contribution is 6.09. The van der Waals surface area contributed by atoms with Gasteiger partial charge in [0.05, 0.1) is 17.7 Å². The average molecular weight is 905 g/mol. The molecule has 0 fully saturated rings. The molecular weight excluding hydrogens is 841 g/mol. The van der Waals surface area contributed by atoms with Crippen LogP contribution in [-0.2, 0) is 21.7 Å². The first-order valence-electron chi connectivity index (χ1n) is 24.4. The minimum absolute atomic E-state index is 0.0110. The Labute approximate surface area is 409 Å². The van der Waals surface area contributed by atoms with Crippen LogP contribution < -0.4 is 14.5 Å². The van der Waals surface area contributed by atoms with Gasteiger partial charge < -0.3 is 14.5 Å². The molecule has 0 N–H and O–H groups in total. The van der Waals surface area contributed by atoms with Gasteiger partial charge >= 0.3 is 0 Å². The second-order valence-corrected chi connectivity index (χ2v) is 21.9. The third kappa shape index (κ3) is 8.72. The summed E-state index contributed by atoms with van der Waals surface area (Å²) in [7, 11) is 0. The van der Waals surface area contributed by atoms with E-state index in [1.54, 1.807) is 0 Å². The molecule has 0 amide bonds. The lowest BCUT2D eigenvalue weighted by molar-refractivity contribution is 0.483. The molecule has 5 nitrogen and oxygen atoms in total. The Morgan fingerprint density at radius 3 is 1.75 bits per heavy atom. The van der Waals surface area contributed by atoms with Crippen LogP contribution in [0, 0.1) is 0 Å². The molecule has 9 aromatic rings.